The van der Waals surface area contributed by atoms with Crippen molar-refractivity contribution < 1.29 is 9.90 Å². The fourth-order valence-electron chi connectivity index (χ4n) is 2.54. The van der Waals surface area contributed by atoms with Crippen LogP contribution in [0.15, 0.2) is 47.8 Å². The molecule has 2 rings (SSSR count). The summed E-state index contributed by atoms with van der Waals surface area (Å²) in [6.45, 7) is 7.37. The highest BCUT2D eigenvalue weighted by Gasteiger charge is 2.40. The molecule has 1 aromatic carbocycles. The number of thiophene rings is 1. The molecule has 0 aliphatic rings. The molecular formula is C18H25ClN2O2S. The van der Waals surface area contributed by atoms with Crippen LogP contribution in [0.4, 0.5) is 0 Å². The molecule has 132 valence electrons. The van der Waals surface area contributed by atoms with Crippen LogP contribution in [0, 0.1) is 0 Å². The fraction of sp³-hybridized carbons (Fsp3) is 0.389. The van der Waals surface area contributed by atoms with E-state index in [9.17, 15) is 9.90 Å². The molecule has 0 radical (unpaired) electrons. The molecule has 2 aromatic rings. The lowest BCUT2D eigenvalue weighted by atomic mass is 9.91. The van der Waals surface area contributed by atoms with E-state index in [0.717, 1.165) is 19.6 Å². The van der Waals surface area contributed by atoms with Crippen LogP contribution >= 0.6 is 23.7 Å². The molecule has 0 aliphatic carbocycles. The summed E-state index contributed by atoms with van der Waals surface area (Å²) < 4.78 is 0. The van der Waals surface area contributed by atoms with Crippen LogP contribution in [0.2, 0.25) is 0 Å². The number of rotatable bonds is 8. The lowest BCUT2D eigenvalue weighted by Gasteiger charge is -2.27. The van der Waals surface area contributed by atoms with Crippen molar-refractivity contribution in [3.05, 3.63) is 58.3 Å². The Kier molecular flexibility index (Phi) is 8.42. The van der Waals surface area contributed by atoms with Crippen LogP contribution in [0.3, 0.4) is 0 Å². The van der Waals surface area contributed by atoms with Gasteiger partial charge >= 0.3 is 0 Å². The average Bonchev–Trinajstić information content (AvgIpc) is 3.13. The average molecular weight is 369 g/mol. The third-order valence-corrected chi connectivity index (χ3v) is 4.98. The summed E-state index contributed by atoms with van der Waals surface area (Å²) in [6.07, 6.45) is 0. The highest BCUT2D eigenvalue weighted by molar-refractivity contribution is 7.10. The van der Waals surface area contributed by atoms with Crippen LogP contribution < -0.4 is 5.32 Å². The van der Waals surface area contributed by atoms with Crippen molar-refractivity contribution in [2.75, 3.05) is 26.2 Å². The molecule has 4 nitrogen and oxygen atoms in total. The number of hydrogen-bond acceptors (Lipinski definition) is 4. The molecule has 6 heteroatoms. The third kappa shape index (κ3) is 4.57. The van der Waals surface area contributed by atoms with Crippen LogP contribution in [0.25, 0.3) is 0 Å². The van der Waals surface area contributed by atoms with E-state index in [4.69, 9.17) is 0 Å². The number of nitrogens with zero attached hydrogens (tertiary/aromatic N) is 1. The van der Waals surface area contributed by atoms with E-state index in [1.54, 1.807) is 18.2 Å². The van der Waals surface area contributed by atoms with E-state index < -0.39 is 5.60 Å². The van der Waals surface area contributed by atoms with Gasteiger partial charge in [0.25, 0.3) is 5.91 Å². The first-order chi connectivity index (χ1) is 11.1. The molecule has 1 amide bonds. The van der Waals surface area contributed by atoms with E-state index in [2.05, 4.69) is 24.1 Å². The molecule has 1 unspecified atom stereocenters. The highest BCUT2D eigenvalue weighted by Crippen LogP contribution is 2.32. The summed E-state index contributed by atoms with van der Waals surface area (Å²) >= 11 is 1.38. The summed E-state index contributed by atoms with van der Waals surface area (Å²) in [4.78, 5) is 15.6. The van der Waals surface area contributed by atoms with E-state index in [0.29, 0.717) is 17.0 Å². The SMILES string of the molecule is CCN(CC)CCNC(=O)C(O)(c1ccccc1)c1cccs1.Cl. The summed E-state index contributed by atoms with van der Waals surface area (Å²) in [5.41, 5.74) is -1.05. The molecule has 1 aromatic heterocycles. The predicted octanol–water partition coefficient (Wildman–Crippen LogP) is 2.86. The zero-order valence-corrected chi connectivity index (χ0v) is 15.7. The van der Waals surface area contributed by atoms with Crippen molar-refractivity contribution in [3.8, 4) is 0 Å². The lowest BCUT2D eigenvalue weighted by Crippen LogP contribution is -2.47. The number of nitrogens with one attached hydrogen (secondary N) is 1. The van der Waals surface area contributed by atoms with Crippen LogP contribution in [-0.4, -0.2) is 42.1 Å². The molecule has 1 atom stereocenters. The molecule has 0 aliphatic heterocycles. The molecule has 0 saturated heterocycles. The highest BCUT2D eigenvalue weighted by atomic mass is 35.5. The number of likely N-dealkylation sites (N-methyl/N-ethyl adjacent to an activating group) is 1. The number of carbonyl (C=O) groups is 1. The summed E-state index contributed by atoms with van der Waals surface area (Å²) in [5.74, 6) is -0.377. The van der Waals surface area contributed by atoms with Crippen molar-refractivity contribution in [3.63, 3.8) is 0 Å². The van der Waals surface area contributed by atoms with Gasteiger partial charge in [0.1, 0.15) is 0 Å². The van der Waals surface area contributed by atoms with Gasteiger partial charge in [-0.15, -0.1) is 23.7 Å². The maximum atomic E-state index is 12.7. The first-order valence-corrected chi connectivity index (χ1v) is 8.83. The number of halogens is 1. The number of hydrogen-bond donors (Lipinski definition) is 2. The molecule has 24 heavy (non-hydrogen) atoms. The fourth-order valence-corrected chi connectivity index (χ4v) is 3.39. The number of carbonyl (C=O) groups excluding carboxylic acids is 1. The van der Waals surface area contributed by atoms with E-state index in [1.807, 2.05) is 29.6 Å². The standard InChI is InChI=1S/C18H24N2O2S.ClH/c1-3-20(4-2)13-12-19-17(21)18(22,16-11-8-14-23-16)15-9-6-5-7-10-15;/h5-11,14,22H,3-4,12-13H2,1-2H3,(H,19,21);1H. The van der Waals surface area contributed by atoms with E-state index >= 15 is 0 Å². The Hall–Kier alpha value is -1.40. The minimum absolute atomic E-state index is 0. The summed E-state index contributed by atoms with van der Waals surface area (Å²) in [6, 6.07) is 12.7. The number of benzene rings is 1. The normalized spacial score (nSPS) is 13.2. The third-order valence-electron chi connectivity index (χ3n) is 4.01. The zero-order valence-electron chi connectivity index (χ0n) is 14.1. The topological polar surface area (TPSA) is 52.6 Å². The first kappa shape index (κ1) is 20.6. The van der Waals surface area contributed by atoms with Gasteiger partial charge in [0.15, 0.2) is 0 Å². The predicted molar refractivity (Wildman–Crippen MR) is 102 cm³/mol. The van der Waals surface area contributed by atoms with Crippen molar-refractivity contribution in [2.24, 2.45) is 0 Å². The molecule has 0 fully saturated rings. The molecular weight excluding hydrogens is 344 g/mol. The maximum absolute atomic E-state index is 12.7. The zero-order chi connectivity index (χ0) is 16.7. The van der Waals surface area contributed by atoms with E-state index in [-0.39, 0.29) is 18.3 Å². The Balaban J connectivity index is 0.00000288. The lowest BCUT2D eigenvalue weighted by molar-refractivity contribution is -0.136. The van der Waals surface area contributed by atoms with Crippen LogP contribution in [0.5, 0.6) is 0 Å². The number of amides is 1. The van der Waals surface area contributed by atoms with Crippen molar-refractivity contribution in [1.82, 2.24) is 10.2 Å². The molecule has 0 saturated carbocycles. The Morgan fingerprint density at radius 2 is 1.83 bits per heavy atom. The van der Waals surface area contributed by atoms with E-state index in [1.165, 1.54) is 11.3 Å². The van der Waals surface area contributed by atoms with Gasteiger partial charge in [0.05, 0.1) is 4.88 Å². The Labute approximate surface area is 153 Å². The quantitative estimate of drug-likeness (QED) is 0.753. The molecule has 1 heterocycles. The van der Waals surface area contributed by atoms with Gasteiger partial charge in [0, 0.05) is 13.1 Å². The largest absolute Gasteiger partial charge is 0.371 e. The second-order valence-electron chi connectivity index (χ2n) is 5.34. The minimum Gasteiger partial charge on any atom is -0.371 e. The second-order valence-corrected chi connectivity index (χ2v) is 6.28. The first-order valence-electron chi connectivity index (χ1n) is 7.95. The Morgan fingerprint density at radius 1 is 1.17 bits per heavy atom. The van der Waals surface area contributed by atoms with Crippen LogP contribution in [-0.2, 0) is 10.4 Å². The van der Waals surface area contributed by atoms with Crippen molar-refractivity contribution in [1.29, 1.82) is 0 Å². The van der Waals surface area contributed by atoms with Gasteiger partial charge in [-0.3, -0.25) is 4.79 Å². The van der Waals surface area contributed by atoms with Gasteiger partial charge in [-0.25, -0.2) is 0 Å². The molecule has 0 bridgehead atoms. The summed E-state index contributed by atoms with van der Waals surface area (Å²) in [5, 5.41) is 15.9. The maximum Gasteiger partial charge on any atom is 0.262 e. The smallest absolute Gasteiger partial charge is 0.262 e. The van der Waals surface area contributed by atoms with Gasteiger partial charge in [-0.05, 0) is 30.1 Å². The van der Waals surface area contributed by atoms with Crippen LogP contribution in [0.1, 0.15) is 24.3 Å². The van der Waals surface area contributed by atoms with Gasteiger partial charge in [0.2, 0.25) is 5.60 Å². The molecule has 0 spiro atoms. The molecule has 2 N–H and O–H groups in total. The second kappa shape index (κ2) is 9.79. The Bertz CT molecular complexity index is 603. The van der Waals surface area contributed by atoms with Gasteiger partial charge < -0.3 is 15.3 Å². The Morgan fingerprint density at radius 3 is 2.38 bits per heavy atom. The summed E-state index contributed by atoms with van der Waals surface area (Å²) in [7, 11) is 0. The minimum atomic E-state index is -1.64. The van der Waals surface area contributed by atoms with Crippen molar-refractivity contribution >= 4 is 29.7 Å². The van der Waals surface area contributed by atoms with Crippen molar-refractivity contribution in [2.45, 2.75) is 19.4 Å². The van der Waals surface area contributed by atoms with Gasteiger partial charge in [-0.1, -0.05) is 50.2 Å². The van der Waals surface area contributed by atoms with Gasteiger partial charge in [-0.2, -0.15) is 0 Å². The number of aliphatic hydroxyl groups is 1. The monoisotopic (exact) mass is 368 g/mol.